The van der Waals surface area contributed by atoms with Gasteiger partial charge in [-0.25, -0.2) is 4.79 Å². The number of carbonyl (C=O) groups is 2. The molecule has 35 heavy (non-hydrogen) atoms. The van der Waals surface area contributed by atoms with E-state index in [1.807, 2.05) is 38.1 Å². The number of thiophene rings is 1. The second-order valence-electron chi connectivity index (χ2n) is 7.63. The first-order valence-corrected chi connectivity index (χ1v) is 11.9. The Labute approximate surface area is 208 Å². The van der Waals surface area contributed by atoms with Crippen LogP contribution >= 0.6 is 11.3 Å². The Bertz CT molecular complexity index is 1270. The Morgan fingerprint density at radius 2 is 1.86 bits per heavy atom. The smallest absolute Gasteiger partial charge is 0.341 e. The number of methoxy groups -OCH3 is 1. The highest BCUT2D eigenvalue weighted by molar-refractivity contribution is 7.15. The van der Waals surface area contributed by atoms with Crippen LogP contribution in [0.25, 0.3) is 17.2 Å². The van der Waals surface area contributed by atoms with Gasteiger partial charge in [0.1, 0.15) is 33.7 Å². The minimum Gasteiger partial charge on any atom is -0.497 e. The molecule has 3 aromatic rings. The molecule has 3 rings (SSSR count). The van der Waals surface area contributed by atoms with E-state index in [9.17, 15) is 14.9 Å². The molecule has 1 heterocycles. The maximum absolute atomic E-state index is 13.0. The molecule has 0 saturated carbocycles. The molecule has 0 atom stereocenters. The second kappa shape index (κ2) is 11.9. The lowest BCUT2D eigenvalue weighted by atomic mass is 10.0. The summed E-state index contributed by atoms with van der Waals surface area (Å²) in [6.45, 7) is 5.68. The summed E-state index contributed by atoms with van der Waals surface area (Å²) in [7, 11) is 1.57. The van der Waals surface area contributed by atoms with Crippen molar-refractivity contribution in [3.63, 3.8) is 0 Å². The van der Waals surface area contributed by atoms with Gasteiger partial charge in [-0.3, -0.25) is 4.79 Å². The lowest BCUT2D eigenvalue weighted by Crippen LogP contribution is -2.16. The molecule has 1 aromatic heterocycles. The molecule has 0 fully saturated rings. The normalized spacial score (nSPS) is 11.0. The monoisotopic (exact) mass is 490 g/mol. The number of ether oxygens (including phenoxy) is 3. The molecule has 0 spiro atoms. The van der Waals surface area contributed by atoms with E-state index in [-0.39, 0.29) is 23.8 Å². The van der Waals surface area contributed by atoms with Crippen molar-refractivity contribution in [3.05, 3.63) is 70.6 Å². The fourth-order valence-electron chi connectivity index (χ4n) is 3.27. The number of nitrogens with zero attached hydrogens (tertiary/aromatic N) is 1. The van der Waals surface area contributed by atoms with Crippen molar-refractivity contribution in [2.24, 2.45) is 0 Å². The lowest BCUT2D eigenvalue weighted by Gasteiger charge is -2.12. The zero-order chi connectivity index (χ0) is 25.4. The highest BCUT2D eigenvalue weighted by Gasteiger charge is 2.24. The van der Waals surface area contributed by atoms with Gasteiger partial charge in [0.05, 0.1) is 19.8 Å². The number of amides is 1. The molecule has 0 radical (unpaired) electrons. The standard InChI is InChI=1S/C27H26N2O5S/c1-5-33-27(31)24-22(18-10-12-21(32-4)13-11-18)16-35-26(24)29-25(30)20(15-28)14-19-8-6-7-9-23(19)34-17(2)3/h6-14,16-17H,5H2,1-4H3,(H,29,30)/b20-14+. The number of rotatable bonds is 9. The Kier molecular flexibility index (Phi) is 8.65. The van der Waals surface area contributed by atoms with E-state index in [1.54, 1.807) is 49.7 Å². The van der Waals surface area contributed by atoms with Gasteiger partial charge in [0.2, 0.25) is 0 Å². The molecule has 0 bridgehead atoms. The van der Waals surface area contributed by atoms with Gasteiger partial charge in [-0.2, -0.15) is 5.26 Å². The van der Waals surface area contributed by atoms with Crippen LogP contribution in [0.2, 0.25) is 0 Å². The first-order valence-electron chi connectivity index (χ1n) is 11.0. The third-order valence-corrected chi connectivity index (χ3v) is 5.74. The summed E-state index contributed by atoms with van der Waals surface area (Å²) in [4.78, 5) is 25.9. The molecule has 0 aliphatic heterocycles. The van der Waals surface area contributed by atoms with Gasteiger partial charge in [-0.15, -0.1) is 11.3 Å². The molecule has 1 N–H and O–H groups in total. The molecule has 2 aromatic carbocycles. The number of esters is 1. The van der Waals surface area contributed by atoms with Crippen LogP contribution in [0.15, 0.2) is 59.5 Å². The van der Waals surface area contributed by atoms with Gasteiger partial charge in [0.15, 0.2) is 0 Å². The van der Waals surface area contributed by atoms with E-state index in [1.165, 1.54) is 17.4 Å². The number of nitrogens with one attached hydrogen (secondary N) is 1. The zero-order valence-electron chi connectivity index (χ0n) is 20.0. The molecule has 0 aliphatic rings. The number of anilines is 1. The van der Waals surface area contributed by atoms with Gasteiger partial charge >= 0.3 is 5.97 Å². The van der Waals surface area contributed by atoms with Crippen LogP contribution < -0.4 is 14.8 Å². The average molecular weight is 491 g/mol. The summed E-state index contributed by atoms with van der Waals surface area (Å²) < 4.78 is 16.2. The van der Waals surface area contributed by atoms with Crippen molar-refractivity contribution in [3.8, 4) is 28.7 Å². The van der Waals surface area contributed by atoms with Crippen LogP contribution in [0.5, 0.6) is 11.5 Å². The molecule has 0 unspecified atom stereocenters. The van der Waals surface area contributed by atoms with Crippen LogP contribution in [-0.2, 0) is 9.53 Å². The van der Waals surface area contributed by atoms with E-state index in [2.05, 4.69) is 5.32 Å². The maximum Gasteiger partial charge on any atom is 0.341 e. The number of hydrogen-bond acceptors (Lipinski definition) is 7. The minimum absolute atomic E-state index is 0.0708. The Hall–Kier alpha value is -4.09. The van der Waals surface area contributed by atoms with Crippen LogP contribution in [0.1, 0.15) is 36.7 Å². The Morgan fingerprint density at radius 1 is 1.14 bits per heavy atom. The van der Waals surface area contributed by atoms with Crippen LogP contribution in [-0.4, -0.2) is 31.7 Å². The van der Waals surface area contributed by atoms with Crippen molar-refractivity contribution < 1.29 is 23.8 Å². The van der Waals surface area contributed by atoms with Gasteiger partial charge in [0, 0.05) is 16.5 Å². The van der Waals surface area contributed by atoms with Crippen molar-refractivity contribution in [2.75, 3.05) is 19.0 Å². The molecule has 1 amide bonds. The molecule has 0 saturated heterocycles. The molecule has 7 nitrogen and oxygen atoms in total. The third kappa shape index (κ3) is 6.28. The van der Waals surface area contributed by atoms with Crippen molar-refractivity contribution >= 4 is 34.3 Å². The van der Waals surface area contributed by atoms with Gasteiger partial charge in [0.25, 0.3) is 5.91 Å². The zero-order valence-corrected chi connectivity index (χ0v) is 20.8. The highest BCUT2D eigenvalue weighted by atomic mass is 32.1. The van der Waals surface area contributed by atoms with Crippen LogP contribution in [0.4, 0.5) is 5.00 Å². The molecular formula is C27H26N2O5S. The summed E-state index contributed by atoms with van der Waals surface area (Å²) in [5, 5.41) is 14.5. The van der Waals surface area contributed by atoms with E-state index < -0.39 is 11.9 Å². The fourth-order valence-corrected chi connectivity index (χ4v) is 4.23. The summed E-state index contributed by atoms with van der Waals surface area (Å²) in [5.74, 6) is 0.0439. The fraction of sp³-hybridized carbons (Fsp3) is 0.222. The summed E-state index contributed by atoms with van der Waals surface area (Å²) >= 11 is 1.18. The van der Waals surface area contributed by atoms with Gasteiger partial charge < -0.3 is 19.5 Å². The molecule has 180 valence electrons. The third-order valence-electron chi connectivity index (χ3n) is 4.85. The average Bonchev–Trinajstić information content (AvgIpc) is 3.26. The molecule has 0 aliphatic carbocycles. The van der Waals surface area contributed by atoms with E-state index in [4.69, 9.17) is 14.2 Å². The lowest BCUT2D eigenvalue weighted by molar-refractivity contribution is -0.112. The number of benzene rings is 2. The largest absolute Gasteiger partial charge is 0.497 e. The predicted molar refractivity (Wildman–Crippen MR) is 137 cm³/mol. The van der Waals surface area contributed by atoms with Crippen LogP contribution in [0, 0.1) is 11.3 Å². The highest BCUT2D eigenvalue weighted by Crippen LogP contribution is 2.37. The summed E-state index contributed by atoms with van der Waals surface area (Å²) in [6.07, 6.45) is 1.40. The van der Waals surface area contributed by atoms with Crippen LogP contribution in [0.3, 0.4) is 0 Å². The first-order chi connectivity index (χ1) is 16.9. The minimum atomic E-state index is -0.638. The quantitative estimate of drug-likeness (QED) is 0.227. The number of hydrogen-bond donors (Lipinski definition) is 1. The second-order valence-corrected chi connectivity index (χ2v) is 8.51. The van der Waals surface area contributed by atoms with E-state index in [0.717, 1.165) is 5.56 Å². The van der Waals surface area contributed by atoms with Crippen molar-refractivity contribution in [1.29, 1.82) is 5.26 Å². The summed E-state index contributed by atoms with van der Waals surface area (Å²) in [6, 6.07) is 16.3. The molecule has 8 heteroatoms. The van der Waals surface area contributed by atoms with E-state index in [0.29, 0.717) is 27.6 Å². The predicted octanol–water partition coefficient (Wildman–Crippen LogP) is 5.93. The topological polar surface area (TPSA) is 97.6 Å². The van der Waals surface area contributed by atoms with Gasteiger partial charge in [-0.05, 0) is 50.6 Å². The van der Waals surface area contributed by atoms with Gasteiger partial charge in [-0.1, -0.05) is 30.3 Å². The number of para-hydroxylation sites is 1. The summed E-state index contributed by atoms with van der Waals surface area (Å²) in [5.41, 5.74) is 2.09. The SMILES string of the molecule is CCOC(=O)c1c(-c2ccc(OC)cc2)csc1NC(=O)/C(C#N)=C/c1ccccc1OC(C)C. The van der Waals surface area contributed by atoms with E-state index >= 15 is 0 Å². The molecular weight excluding hydrogens is 464 g/mol. The van der Waals surface area contributed by atoms with Crippen molar-refractivity contribution in [1.82, 2.24) is 0 Å². The Morgan fingerprint density at radius 3 is 2.49 bits per heavy atom. The number of carbonyl (C=O) groups excluding carboxylic acids is 2. The van der Waals surface area contributed by atoms with Crippen molar-refractivity contribution in [2.45, 2.75) is 26.9 Å². The number of nitriles is 1. The maximum atomic E-state index is 13.0. The first kappa shape index (κ1) is 25.5. The Balaban J connectivity index is 1.96.